The molecule has 1 rings (SSSR count). The third kappa shape index (κ3) is 2.03. The monoisotopic (exact) mass is 348 g/mol. The van der Waals surface area contributed by atoms with Crippen molar-refractivity contribution in [1.82, 2.24) is 4.98 Å². The fourth-order valence-electron chi connectivity index (χ4n) is 0.727. The molecular weight excluding hydrogens is 345 g/mol. The highest BCUT2D eigenvalue weighted by molar-refractivity contribution is 14.1. The van der Waals surface area contributed by atoms with Crippen molar-refractivity contribution >= 4 is 44.2 Å². The van der Waals surface area contributed by atoms with E-state index < -0.39 is 6.43 Å². The number of alkyl halides is 2. The maximum absolute atomic E-state index is 12.3. The molecule has 0 aliphatic heterocycles. The van der Waals surface area contributed by atoms with Gasteiger partial charge in [-0.25, -0.2) is 13.8 Å². The smallest absolute Gasteiger partial charge is 0.268 e. The molecule has 0 amide bonds. The summed E-state index contributed by atoms with van der Waals surface area (Å²) in [6.07, 6.45) is -2.59. The second-order valence-electron chi connectivity index (χ2n) is 2.04. The lowest BCUT2D eigenvalue weighted by Crippen LogP contribution is -1.99. The molecule has 0 unspecified atom stereocenters. The molecule has 0 atom stereocenters. The van der Waals surface area contributed by atoms with Gasteiger partial charge in [0.1, 0.15) is 8.30 Å². The van der Waals surface area contributed by atoms with E-state index in [-0.39, 0.29) is 15.9 Å². The lowest BCUT2D eigenvalue weighted by molar-refractivity contribution is 0.151. The van der Waals surface area contributed by atoms with Crippen LogP contribution in [-0.4, -0.2) is 4.98 Å². The highest BCUT2D eigenvalue weighted by atomic mass is 127. The van der Waals surface area contributed by atoms with Gasteiger partial charge in [-0.05, 0) is 44.6 Å². The Morgan fingerprint density at radius 1 is 1.58 bits per heavy atom. The number of hydrogen-bond donors (Lipinski definition) is 1. The van der Waals surface area contributed by atoms with Crippen LogP contribution in [-0.2, 0) is 0 Å². The van der Waals surface area contributed by atoms with Crippen molar-refractivity contribution in [3.05, 3.63) is 19.9 Å². The zero-order valence-electron chi connectivity index (χ0n) is 5.69. The molecule has 0 aromatic carbocycles. The van der Waals surface area contributed by atoms with E-state index in [0.717, 1.165) is 0 Å². The van der Waals surface area contributed by atoms with E-state index in [0.29, 0.717) is 3.70 Å². The Labute approximate surface area is 89.8 Å². The molecule has 0 aliphatic carbocycles. The van der Waals surface area contributed by atoms with E-state index in [1.165, 1.54) is 6.07 Å². The van der Waals surface area contributed by atoms with Gasteiger partial charge in [0.15, 0.2) is 0 Å². The molecule has 2 nitrogen and oxygen atoms in total. The normalized spacial score (nSPS) is 10.8. The van der Waals surface area contributed by atoms with Crippen LogP contribution in [0.5, 0.6) is 0 Å². The molecule has 0 saturated heterocycles. The van der Waals surface area contributed by atoms with Crippen molar-refractivity contribution in [3.8, 4) is 0 Å². The van der Waals surface area contributed by atoms with E-state index >= 15 is 0 Å². The third-order valence-corrected chi connectivity index (χ3v) is 2.39. The van der Waals surface area contributed by atoms with Crippen LogP contribution in [0, 0.1) is 3.70 Å². The van der Waals surface area contributed by atoms with Crippen molar-refractivity contribution in [2.24, 2.45) is 0 Å². The fraction of sp³-hybridized carbons (Fsp3) is 0.167. The highest BCUT2D eigenvalue weighted by Gasteiger charge is 2.16. The summed E-state index contributed by atoms with van der Waals surface area (Å²) >= 11 is 4.83. The number of halogens is 4. The lowest BCUT2D eigenvalue weighted by atomic mass is 10.2. The van der Waals surface area contributed by atoms with Crippen LogP contribution < -0.4 is 5.73 Å². The Morgan fingerprint density at radius 2 is 2.17 bits per heavy atom. The molecule has 66 valence electrons. The first-order valence-corrected chi connectivity index (χ1v) is 4.79. The minimum Gasteiger partial charge on any atom is -0.398 e. The summed E-state index contributed by atoms with van der Waals surface area (Å²) < 4.78 is 25.2. The van der Waals surface area contributed by atoms with Gasteiger partial charge in [0.25, 0.3) is 6.43 Å². The van der Waals surface area contributed by atoms with Crippen LogP contribution in [0.15, 0.2) is 10.7 Å². The first-order valence-electron chi connectivity index (χ1n) is 2.92. The molecule has 1 aromatic heterocycles. The van der Waals surface area contributed by atoms with Gasteiger partial charge in [-0.15, -0.1) is 0 Å². The van der Waals surface area contributed by atoms with Crippen LogP contribution in [0.25, 0.3) is 0 Å². The minimum absolute atomic E-state index is 0.0660. The van der Waals surface area contributed by atoms with Gasteiger partial charge in [-0.3, -0.25) is 0 Å². The maximum Gasteiger partial charge on any atom is 0.268 e. The topological polar surface area (TPSA) is 38.9 Å². The number of anilines is 1. The van der Waals surface area contributed by atoms with Crippen molar-refractivity contribution < 1.29 is 8.78 Å². The van der Waals surface area contributed by atoms with Crippen molar-refractivity contribution in [1.29, 1.82) is 0 Å². The van der Waals surface area contributed by atoms with Crippen LogP contribution in [0.3, 0.4) is 0 Å². The predicted molar refractivity (Wildman–Crippen MR) is 54.0 cm³/mol. The number of nitrogen functional groups attached to an aromatic ring is 1. The summed E-state index contributed by atoms with van der Waals surface area (Å²) in [5, 5.41) is 0. The lowest BCUT2D eigenvalue weighted by Gasteiger charge is -2.06. The first kappa shape index (κ1) is 10.1. The summed E-state index contributed by atoms with van der Waals surface area (Å²) in [6, 6.07) is 1.41. The molecule has 12 heavy (non-hydrogen) atoms. The quantitative estimate of drug-likeness (QED) is 0.626. The van der Waals surface area contributed by atoms with Crippen LogP contribution in [0.1, 0.15) is 12.0 Å². The largest absolute Gasteiger partial charge is 0.398 e. The van der Waals surface area contributed by atoms with Gasteiger partial charge in [0.05, 0.1) is 5.56 Å². The molecule has 6 heteroatoms. The van der Waals surface area contributed by atoms with Gasteiger partial charge in [-0.2, -0.15) is 0 Å². The number of nitrogens with zero attached hydrogens (tertiary/aromatic N) is 1. The molecule has 0 radical (unpaired) electrons. The van der Waals surface area contributed by atoms with E-state index in [1.807, 2.05) is 22.6 Å². The minimum atomic E-state index is -2.59. The molecule has 1 aromatic rings. The number of hydrogen-bond acceptors (Lipinski definition) is 2. The Balaban J connectivity index is 3.28. The second-order valence-corrected chi connectivity index (χ2v) is 3.90. The number of nitrogens with two attached hydrogens (primary N) is 1. The average molecular weight is 349 g/mol. The van der Waals surface area contributed by atoms with Gasteiger partial charge in [0.2, 0.25) is 0 Å². The summed E-state index contributed by atoms with van der Waals surface area (Å²) in [4.78, 5) is 3.80. The van der Waals surface area contributed by atoms with Crippen LogP contribution >= 0.6 is 38.5 Å². The number of aromatic nitrogens is 1. The van der Waals surface area contributed by atoms with E-state index in [4.69, 9.17) is 5.73 Å². The van der Waals surface area contributed by atoms with Gasteiger partial charge in [-0.1, -0.05) is 0 Å². The van der Waals surface area contributed by atoms with Crippen LogP contribution in [0.2, 0.25) is 0 Å². The maximum atomic E-state index is 12.3. The number of pyridine rings is 1. The van der Waals surface area contributed by atoms with E-state index in [1.54, 1.807) is 0 Å². The van der Waals surface area contributed by atoms with Crippen molar-refractivity contribution in [2.45, 2.75) is 6.43 Å². The fourth-order valence-corrected chi connectivity index (χ4v) is 2.23. The van der Waals surface area contributed by atoms with Crippen molar-refractivity contribution in [2.75, 3.05) is 5.73 Å². The molecule has 0 bridgehead atoms. The molecule has 2 N–H and O–H groups in total. The zero-order chi connectivity index (χ0) is 9.30. The first-order chi connectivity index (χ1) is 5.52. The third-order valence-electron chi connectivity index (χ3n) is 1.23. The van der Waals surface area contributed by atoms with Gasteiger partial charge >= 0.3 is 0 Å². The second kappa shape index (κ2) is 3.82. The average Bonchev–Trinajstić information content (AvgIpc) is 1.82. The van der Waals surface area contributed by atoms with Gasteiger partial charge in [0, 0.05) is 5.69 Å². The molecule has 0 fully saturated rings. The predicted octanol–water partition coefficient (Wildman–Crippen LogP) is 2.97. The Hall–Kier alpha value is 0.0200. The van der Waals surface area contributed by atoms with Crippen molar-refractivity contribution in [3.63, 3.8) is 0 Å². The Kier molecular flexibility index (Phi) is 3.22. The summed E-state index contributed by atoms with van der Waals surface area (Å²) in [5.74, 6) is 0. The highest BCUT2D eigenvalue weighted by Crippen LogP contribution is 2.31. The summed E-state index contributed by atoms with van der Waals surface area (Å²) in [7, 11) is 0. The molecule has 0 aliphatic rings. The molecule has 0 saturated carbocycles. The van der Waals surface area contributed by atoms with E-state index in [9.17, 15) is 8.78 Å². The van der Waals surface area contributed by atoms with Gasteiger partial charge < -0.3 is 5.73 Å². The molecular formula is C6H4BrF2IN2. The molecule has 0 spiro atoms. The Bertz CT molecular complexity index is 283. The van der Waals surface area contributed by atoms with E-state index in [2.05, 4.69) is 20.9 Å². The SMILES string of the molecule is Nc1cc(I)nc(Br)c1C(F)F. The van der Waals surface area contributed by atoms with Crippen LogP contribution in [0.4, 0.5) is 14.5 Å². The molecule has 1 heterocycles. The number of rotatable bonds is 1. The standard InChI is InChI=1S/C6H4BrF2IN2/c7-5-4(6(8)9)2(11)1-3(10)12-5/h1,6H,(H2,11,12). The summed E-state index contributed by atoms with van der Waals surface area (Å²) in [6.45, 7) is 0. The summed E-state index contributed by atoms with van der Waals surface area (Å²) in [5.41, 5.74) is 5.19. The zero-order valence-corrected chi connectivity index (χ0v) is 9.43. The Morgan fingerprint density at radius 3 is 2.58 bits per heavy atom.